The van der Waals surface area contributed by atoms with Gasteiger partial charge in [0.05, 0.1) is 19.8 Å². The van der Waals surface area contributed by atoms with E-state index in [0.717, 1.165) is 17.7 Å². The fourth-order valence-corrected chi connectivity index (χ4v) is 2.68. The number of nitrogens with one attached hydrogen (secondary N) is 1. The minimum absolute atomic E-state index is 0.0489. The van der Waals surface area contributed by atoms with Crippen molar-refractivity contribution in [3.05, 3.63) is 23.3 Å². The minimum Gasteiger partial charge on any atom is -0.497 e. The lowest BCUT2D eigenvalue weighted by atomic mass is 9.84. The van der Waals surface area contributed by atoms with Gasteiger partial charge in [-0.05, 0) is 18.4 Å². The summed E-state index contributed by atoms with van der Waals surface area (Å²) in [5, 5.41) is 2.95. The van der Waals surface area contributed by atoms with Gasteiger partial charge < -0.3 is 14.8 Å². The third-order valence-electron chi connectivity index (χ3n) is 3.49. The maximum absolute atomic E-state index is 12.0. The van der Waals surface area contributed by atoms with Gasteiger partial charge >= 0.3 is 0 Å². The molecule has 0 aliphatic carbocycles. The van der Waals surface area contributed by atoms with Crippen LogP contribution in [0.15, 0.2) is 12.1 Å². The van der Waals surface area contributed by atoms with E-state index < -0.39 is 0 Å². The number of rotatable bonds is 4. The molecule has 0 saturated carbocycles. The molecular weight excluding hydrogens is 242 g/mol. The monoisotopic (exact) mass is 263 g/mol. The molecule has 19 heavy (non-hydrogen) atoms. The Balaban J connectivity index is 2.51. The van der Waals surface area contributed by atoms with Gasteiger partial charge in [-0.25, -0.2) is 0 Å². The molecular formula is C15H21NO3. The van der Waals surface area contributed by atoms with Crippen molar-refractivity contribution in [1.29, 1.82) is 0 Å². The fourth-order valence-electron chi connectivity index (χ4n) is 2.68. The second-order valence-electron chi connectivity index (χ2n) is 5.33. The van der Waals surface area contributed by atoms with E-state index in [2.05, 4.69) is 19.2 Å². The number of hydrogen-bond acceptors (Lipinski definition) is 3. The highest BCUT2D eigenvalue weighted by Gasteiger charge is 2.29. The SMILES string of the molecule is COc1cc(OC)c2c(c1)C(=O)NCC2CC(C)C. The van der Waals surface area contributed by atoms with Crippen LogP contribution in [0, 0.1) is 5.92 Å². The average molecular weight is 263 g/mol. The van der Waals surface area contributed by atoms with Gasteiger partial charge in [0.2, 0.25) is 0 Å². The summed E-state index contributed by atoms with van der Waals surface area (Å²) in [6.45, 7) is 5.05. The topological polar surface area (TPSA) is 47.6 Å². The molecule has 4 nitrogen and oxygen atoms in total. The van der Waals surface area contributed by atoms with Crippen LogP contribution in [-0.2, 0) is 0 Å². The molecule has 1 unspecified atom stereocenters. The predicted octanol–water partition coefficient (Wildman–Crippen LogP) is 2.58. The summed E-state index contributed by atoms with van der Waals surface area (Å²) in [4.78, 5) is 12.0. The molecule has 1 N–H and O–H groups in total. The number of fused-ring (bicyclic) bond motifs is 1. The van der Waals surface area contributed by atoms with Gasteiger partial charge in [-0.1, -0.05) is 13.8 Å². The van der Waals surface area contributed by atoms with E-state index in [1.54, 1.807) is 20.3 Å². The molecule has 4 heteroatoms. The highest BCUT2D eigenvalue weighted by molar-refractivity contribution is 5.98. The first-order chi connectivity index (χ1) is 9.06. The van der Waals surface area contributed by atoms with Crippen LogP contribution in [0.5, 0.6) is 11.5 Å². The fraction of sp³-hybridized carbons (Fsp3) is 0.533. The number of amides is 1. The molecule has 104 valence electrons. The first-order valence-corrected chi connectivity index (χ1v) is 6.61. The Morgan fingerprint density at radius 3 is 2.63 bits per heavy atom. The molecule has 0 spiro atoms. The molecule has 0 saturated heterocycles. The van der Waals surface area contributed by atoms with Crippen LogP contribution in [0.4, 0.5) is 0 Å². The lowest BCUT2D eigenvalue weighted by Crippen LogP contribution is -2.35. The van der Waals surface area contributed by atoms with Crippen molar-refractivity contribution in [3.8, 4) is 11.5 Å². The van der Waals surface area contributed by atoms with Crippen LogP contribution < -0.4 is 14.8 Å². The Hall–Kier alpha value is -1.71. The van der Waals surface area contributed by atoms with Gasteiger partial charge in [0.15, 0.2) is 0 Å². The molecule has 1 aliphatic rings. The largest absolute Gasteiger partial charge is 0.497 e. The summed E-state index contributed by atoms with van der Waals surface area (Å²) in [5.41, 5.74) is 1.69. The second-order valence-corrected chi connectivity index (χ2v) is 5.33. The first-order valence-electron chi connectivity index (χ1n) is 6.61. The third-order valence-corrected chi connectivity index (χ3v) is 3.49. The molecule has 1 amide bonds. The van der Waals surface area contributed by atoms with E-state index in [0.29, 0.717) is 29.7 Å². The van der Waals surface area contributed by atoms with Crippen LogP contribution in [-0.4, -0.2) is 26.7 Å². The van der Waals surface area contributed by atoms with Crippen molar-refractivity contribution in [2.75, 3.05) is 20.8 Å². The van der Waals surface area contributed by atoms with Crippen molar-refractivity contribution in [2.45, 2.75) is 26.2 Å². The Labute approximate surface area is 114 Å². The van der Waals surface area contributed by atoms with Crippen molar-refractivity contribution in [3.63, 3.8) is 0 Å². The van der Waals surface area contributed by atoms with E-state index in [-0.39, 0.29) is 5.91 Å². The summed E-state index contributed by atoms with van der Waals surface area (Å²) in [7, 11) is 3.22. The van der Waals surface area contributed by atoms with E-state index in [4.69, 9.17) is 9.47 Å². The van der Waals surface area contributed by atoms with Gasteiger partial charge in [-0.15, -0.1) is 0 Å². The Kier molecular flexibility index (Phi) is 3.98. The Morgan fingerprint density at radius 1 is 1.32 bits per heavy atom. The molecule has 0 fully saturated rings. The summed E-state index contributed by atoms with van der Waals surface area (Å²) in [5.74, 6) is 2.21. The molecule has 0 radical (unpaired) electrons. The standard InChI is InChI=1S/C15H21NO3/c1-9(2)5-10-8-16-15(17)12-6-11(18-3)7-13(19-4)14(10)12/h6-7,9-10H,5,8H2,1-4H3,(H,16,17). The Morgan fingerprint density at radius 2 is 2.05 bits per heavy atom. The van der Waals surface area contributed by atoms with E-state index in [1.165, 1.54) is 0 Å². The number of ether oxygens (including phenoxy) is 2. The number of carbonyl (C=O) groups excluding carboxylic acids is 1. The van der Waals surface area contributed by atoms with Crippen LogP contribution in [0.1, 0.15) is 42.1 Å². The normalized spacial score (nSPS) is 17.9. The van der Waals surface area contributed by atoms with Crippen LogP contribution in [0.2, 0.25) is 0 Å². The molecule has 1 heterocycles. The lowest BCUT2D eigenvalue weighted by molar-refractivity contribution is 0.0936. The summed E-state index contributed by atoms with van der Waals surface area (Å²) in [6.07, 6.45) is 1.02. The summed E-state index contributed by atoms with van der Waals surface area (Å²) < 4.78 is 10.7. The number of benzene rings is 1. The zero-order valence-electron chi connectivity index (χ0n) is 11.9. The maximum atomic E-state index is 12.0. The maximum Gasteiger partial charge on any atom is 0.251 e. The van der Waals surface area contributed by atoms with Gasteiger partial charge in [0.25, 0.3) is 5.91 Å². The summed E-state index contributed by atoms with van der Waals surface area (Å²) >= 11 is 0. The minimum atomic E-state index is -0.0489. The summed E-state index contributed by atoms with van der Waals surface area (Å²) in [6, 6.07) is 3.64. The zero-order valence-corrected chi connectivity index (χ0v) is 11.9. The van der Waals surface area contributed by atoms with E-state index >= 15 is 0 Å². The van der Waals surface area contributed by atoms with Crippen LogP contribution in [0.25, 0.3) is 0 Å². The van der Waals surface area contributed by atoms with Crippen molar-refractivity contribution in [1.82, 2.24) is 5.32 Å². The zero-order chi connectivity index (χ0) is 14.0. The highest BCUT2D eigenvalue weighted by Crippen LogP contribution is 2.38. The molecule has 1 aliphatic heterocycles. The molecule has 1 aromatic carbocycles. The quantitative estimate of drug-likeness (QED) is 0.908. The number of carbonyl (C=O) groups is 1. The van der Waals surface area contributed by atoms with Crippen LogP contribution >= 0.6 is 0 Å². The molecule has 2 rings (SSSR count). The first kappa shape index (κ1) is 13.7. The average Bonchev–Trinajstić information content (AvgIpc) is 2.40. The molecule has 1 aromatic rings. The highest BCUT2D eigenvalue weighted by atomic mass is 16.5. The number of methoxy groups -OCH3 is 2. The van der Waals surface area contributed by atoms with Gasteiger partial charge in [0, 0.05) is 24.1 Å². The molecule has 0 aromatic heterocycles. The van der Waals surface area contributed by atoms with Crippen molar-refractivity contribution >= 4 is 5.91 Å². The smallest absolute Gasteiger partial charge is 0.251 e. The van der Waals surface area contributed by atoms with Gasteiger partial charge in [-0.3, -0.25) is 4.79 Å². The third kappa shape index (κ3) is 2.67. The Bertz CT molecular complexity index is 483. The van der Waals surface area contributed by atoms with E-state index in [1.807, 2.05) is 6.07 Å². The van der Waals surface area contributed by atoms with Crippen molar-refractivity contribution in [2.24, 2.45) is 5.92 Å². The van der Waals surface area contributed by atoms with E-state index in [9.17, 15) is 4.79 Å². The second kappa shape index (κ2) is 5.51. The van der Waals surface area contributed by atoms with Crippen LogP contribution in [0.3, 0.4) is 0 Å². The van der Waals surface area contributed by atoms with Gasteiger partial charge in [-0.2, -0.15) is 0 Å². The number of hydrogen-bond donors (Lipinski definition) is 1. The van der Waals surface area contributed by atoms with Crippen molar-refractivity contribution < 1.29 is 14.3 Å². The molecule has 1 atom stereocenters. The van der Waals surface area contributed by atoms with Gasteiger partial charge in [0.1, 0.15) is 11.5 Å². The predicted molar refractivity (Wildman–Crippen MR) is 74.1 cm³/mol. The lowest BCUT2D eigenvalue weighted by Gasteiger charge is -2.29. The molecule has 0 bridgehead atoms.